The molecule has 2 aromatic carbocycles. The molecule has 0 unspecified atom stereocenters. The van der Waals surface area contributed by atoms with Crippen LogP contribution in [0.3, 0.4) is 0 Å². The Hall–Kier alpha value is -2.61. The Balaban J connectivity index is 1.65. The molecule has 5 nitrogen and oxygen atoms in total. The Morgan fingerprint density at radius 3 is 2.40 bits per heavy atom. The fourth-order valence-electron chi connectivity index (χ4n) is 3.18. The molecular weight excluding hydrogens is 440 g/mol. The lowest BCUT2D eigenvalue weighted by Gasteiger charge is -2.29. The first-order chi connectivity index (χ1) is 14.4. The number of carbonyl (C=O) groups is 1. The van der Waals surface area contributed by atoms with E-state index < -0.39 is 15.8 Å². The number of hydrogen-bond donors (Lipinski definition) is 1. The van der Waals surface area contributed by atoms with Crippen LogP contribution in [0.15, 0.2) is 71.1 Å². The second-order valence-electron chi connectivity index (χ2n) is 6.98. The number of carbonyl (C=O) groups excluding carboxylic acids is 1. The summed E-state index contributed by atoms with van der Waals surface area (Å²) in [6, 6.07) is 16.5. The summed E-state index contributed by atoms with van der Waals surface area (Å²) in [5, 5.41) is 5.30. The summed E-state index contributed by atoms with van der Waals surface area (Å²) < 4.78 is 27.9. The smallest absolute Gasteiger partial charge is 0.270 e. The maximum Gasteiger partial charge on any atom is 0.270 e. The highest BCUT2D eigenvalue weighted by molar-refractivity contribution is 7.97. The monoisotopic (exact) mass is 458 g/mol. The average Bonchev–Trinajstić information content (AvgIpc) is 3.20. The van der Waals surface area contributed by atoms with Crippen molar-refractivity contribution in [1.29, 1.82) is 0 Å². The number of aryl methyl sites for hydroxylation is 1. The number of halogens is 1. The first-order valence-corrected chi connectivity index (χ1v) is 11.9. The van der Waals surface area contributed by atoms with Gasteiger partial charge in [0.1, 0.15) is 4.88 Å². The zero-order valence-electron chi connectivity index (χ0n) is 16.1. The number of Topliss-reactive ketones (excluding diaryl/α,β-unsaturated/α-hetero) is 1. The van der Waals surface area contributed by atoms with Crippen LogP contribution in [-0.2, 0) is 23.1 Å². The zero-order valence-corrected chi connectivity index (χ0v) is 18.5. The van der Waals surface area contributed by atoms with Gasteiger partial charge < -0.3 is 5.32 Å². The van der Waals surface area contributed by atoms with Crippen molar-refractivity contribution in [2.24, 2.45) is 0 Å². The van der Waals surface area contributed by atoms with E-state index >= 15 is 0 Å². The lowest BCUT2D eigenvalue weighted by Crippen LogP contribution is -2.38. The molecule has 0 saturated heterocycles. The number of rotatable bonds is 5. The van der Waals surface area contributed by atoms with Gasteiger partial charge >= 0.3 is 0 Å². The standard InChI is InChI=1S/C22H19ClN2O3S2/c1-15-2-4-16(5-3-15)12-24-13-20-21(26)22-19(10-11-29-22)25(30(20,27)28)14-17-6-8-18(23)9-7-17/h2-11,13,24H,12,14H2,1H3/b20-13-. The quantitative estimate of drug-likeness (QED) is 0.553. The Kier molecular flexibility index (Phi) is 5.69. The Labute approximate surface area is 184 Å². The summed E-state index contributed by atoms with van der Waals surface area (Å²) in [5.41, 5.74) is 3.33. The van der Waals surface area contributed by atoms with Gasteiger partial charge in [0.25, 0.3) is 10.0 Å². The summed E-state index contributed by atoms with van der Waals surface area (Å²) >= 11 is 7.18. The van der Waals surface area contributed by atoms with Crippen molar-refractivity contribution in [3.63, 3.8) is 0 Å². The van der Waals surface area contributed by atoms with Gasteiger partial charge in [0, 0.05) is 17.8 Å². The number of nitrogens with zero attached hydrogens (tertiary/aromatic N) is 1. The minimum absolute atomic E-state index is 0.117. The van der Waals surface area contributed by atoms with E-state index in [-0.39, 0.29) is 11.4 Å². The van der Waals surface area contributed by atoms with Gasteiger partial charge in [0.05, 0.1) is 12.2 Å². The molecule has 8 heteroatoms. The van der Waals surface area contributed by atoms with Crippen molar-refractivity contribution >= 4 is 44.4 Å². The van der Waals surface area contributed by atoms with Gasteiger partial charge in [0.2, 0.25) is 5.78 Å². The number of ketones is 1. The summed E-state index contributed by atoms with van der Waals surface area (Å²) in [4.78, 5) is 13.1. The Bertz CT molecular complexity index is 1210. The molecule has 0 fully saturated rings. The van der Waals surface area contributed by atoms with Crippen LogP contribution < -0.4 is 9.62 Å². The molecule has 0 spiro atoms. The zero-order chi connectivity index (χ0) is 21.3. The normalized spacial score (nSPS) is 16.5. The number of allylic oxidation sites excluding steroid dienone is 1. The molecule has 0 saturated carbocycles. The Morgan fingerprint density at radius 2 is 1.70 bits per heavy atom. The molecule has 1 aliphatic rings. The molecule has 0 amide bonds. The predicted molar refractivity (Wildman–Crippen MR) is 121 cm³/mol. The second kappa shape index (κ2) is 8.26. The van der Waals surface area contributed by atoms with Crippen LogP contribution in [-0.4, -0.2) is 14.2 Å². The number of thiophene rings is 1. The highest BCUT2D eigenvalue weighted by atomic mass is 35.5. The number of benzene rings is 2. The van der Waals surface area contributed by atoms with E-state index in [0.29, 0.717) is 22.1 Å². The lowest BCUT2D eigenvalue weighted by atomic mass is 10.1. The average molecular weight is 459 g/mol. The topological polar surface area (TPSA) is 66.5 Å². The van der Waals surface area contributed by atoms with Crippen molar-refractivity contribution in [1.82, 2.24) is 5.32 Å². The number of fused-ring (bicyclic) bond motifs is 1. The van der Waals surface area contributed by atoms with E-state index in [2.05, 4.69) is 5.32 Å². The Morgan fingerprint density at radius 1 is 1.03 bits per heavy atom. The van der Waals surface area contributed by atoms with Crippen molar-refractivity contribution in [3.8, 4) is 0 Å². The van der Waals surface area contributed by atoms with Crippen LogP contribution >= 0.6 is 22.9 Å². The van der Waals surface area contributed by atoms with E-state index in [0.717, 1.165) is 16.7 Å². The van der Waals surface area contributed by atoms with Crippen molar-refractivity contribution < 1.29 is 13.2 Å². The lowest BCUT2D eigenvalue weighted by molar-refractivity contribution is 0.104. The van der Waals surface area contributed by atoms with E-state index in [1.165, 1.54) is 21.8 Å². The van der Waals surface area contributed by atoms with E-state index in [1.807, 2.05) is 31.2 Å². The minimum Gasteiger partial charge on any atom is -0.386 e. The van der Waals surface area contributed by atoms with Gasteiger partial charge in [-0.2, -0.15) is 0 Å². The third-order valence-electron chi connectivity index (χ3n) is 4.81. The third-order valence-corrected chi connectivity index (χ3v) is 7.73. The molecule has 2 heterocycles. The fraction of sp³-hybridized carbons (Fsp3) is 0.136. The summed E-state index contributed by atoms with van der Waals surface area (Å²) in [5.74, 6) is -0.483. The van der Waals surface area contributed by atoms with Crippen molar-refractivity contribution in [2.45, 2.75) is 20.0 Å². The van der Waals surface area contributed by atoms with Crippen LogP contribution in [0.5, 0.6) is 0 Å². The first kappa shape index (κ1) is 20.7. The molecule has 0 radical (unpaired) electrons. The van der Waals surface area contributed by atoms with E-state index in [9.17, 15) is 13.2 Å². The molecule has 0 bridgehead atoms. The minimum atomic E-state index is -4.01. The number of nitrogens with one attached hydrogen (secondary N) is 1. The number of anilines is 1. The molecule has 1 N–H and O–H groups in total. The van der Waals surface area contributed by atoms with Gasteiger partial charge in [0.15, 0.2) is 4.91 Å². The largest absolute Gasteiger partial charge is 0.386 e. The van der Waals surface area contributed by atoms with E-state index in [4.69, 9.17) is 11.6 Å². The van der Waals surface area contributed by atoms with Gasteiger partial charge in [-0.15, -0.1) is 11.3 Å². The molecular formula is C22H19ClN2O3S2. The van der Waals surface area contributed by atoms with Crippen LogP contribution in [0, 0.1) is 6.92 Å². The molecule has 3 aromatic rings. The maximum atomic E-state index is 13.3. The first-order valence-electron chi connectivity index (χ1n) is 9.25. The molecule has 154 valence electrons. The molecule has 4 rings (SSSR count). The summed E-state index contributed by atoms with van der Waals surface area (Å²) in [6.45, 7) is 2.53. The highest BCUT2D eigenvalue weighted by Crippen LogP contribution is 2.39. The second-order valence-corrected chi connectivity index (χ2v) is 10.2. The van der Waals surface area contributed by atoms with Gasteiger partial charge in [-0.25, -0.2) is 8.42 Å². The maximum absolute atomic E-state index is 13.3. The van der Waals surface area contributed by atoms with Crippen LogP contribution in [0.4, 0.5) is 5.69 Å². The number of hydrogen-bond acceptors (Lipinski definition) is 5. The van der Waals surface area contributed by atoms with Crippen LogP contribution in [0.1, 0.15) is 26.4 Å². The SMILES string of the molecule is Cc1ccc(CN/C=C2/C(=O)c3sccc3N(Cc3ccc(Cl)cc3)S2(=O)=O)cc1. The molecule has 1 aromatic heterocycles. The van der Waals surface area contributed by atoms with Gasteiger partial charge in [-0.1, -0.05) is 53.6 Å². The van der Waals surface area contributed by atoms with E-state index in [1.54, 1.807) is 35.7 Å². The fourth-order valence-corrected chi connectivity index (χ4v) is 5.81. The third kappa shape index (κ3) is 4.01. The molecule has 0 atom stereocenters. The molecule has 1 aliphatic heterocycles. The van der Waals surface area contributed by atoms with Crippen molar-refractivity contribution in [2.75, 3.05) is 4.31 Å². The van der Waals surface area contributed by atoms with Crippen LogP contribution in [0.2, 0.25) is 5.02 Å². The molecule has 0 aliphatic carbocycles. The van der Waals surface area contributed by atoms with Crippen LogP contribution in [0.25, 0.3) is 0 Å². The predicted octanol–water partition coefficient (Wildman–Crippen LogP) is 4.87. The summed E-state index contributed by atoms with van der Waals surface area (Å²) in [7, 11) is -4.01. The highest BCUT2D eigenvalue weighted by Gasteiger charge is 2.41. The summed E-state index contributed by atoms with van der Waals surface area (Å²) in [6.07, 6.45) is 1.31. The number of sulfonamides is 1. The van der Waals surface area contributed by atoms with Gasteiger partial charge in [-0.3, -0.25) is 9.10 Å². The van der Waals surface area contributed by atoms with Crippen molar-refractivity contribution in [3.05, 3.63) is 97.7 Å². The van der Waals surface area contributed by atoms with Gasteiger partial charge in [-0.05, 0) is 41.6 Å². The molecule has 30 heavy (non-hydrogen) atoms.